The highest BCUT2D eigenvalue weighted by Crippen LogP contribution is 2.33. The van der Waals surface area contributed by atoms with Gasteiger partial charge in [0.25, 0.3) is 5.56 Å². The van der Waals surface area contributed by atoms with Crippen LogP contribution in [-0.4, -0.2) is 29.6 Å². The minimum absolute atomic E-state index is 0.230. The lowest BCUT2D eigenvalue weighted by molar-refractivity contribution is 0.323. The van der Waals surface area contributed by atoms with Crippen molar-refractivity contribution in [3.63, 3.8) is 0 Å². The highest BCUT2D eigenvalue weighted by Gasteiger charge is 2.23. The first kappa shape index (κ1) is 24.5. The molecule has 0 amide bonds. The molecule has 0 saturated carbocycles. The Balaban J connectivity index is 2.18. The van der Waals surface area contributed by atoms with E-state index in [0.29, 0.717) is 41.3 Å². The fourth-order valence-corrected chi connectivity index (χ4v) is 3.75. The van der Waals surface area contributed by atoms with E-state index in [1.54, 1.807) is 31.5 Å². The number of halogens is 1. The van der Waals surface area contributed by atoms with Crippen molar-refractivity contribution in [2.24, 2.45) is 5.10 Å². The van der Waals surface area contributed by atoms with Gasteiger partial charge in [-0.15, -0.1) is 6.58 Å². The maximum absolute atomic E-state index is 13.4. The zero-order chi connectivity index (χ0) is 24.2. The van der Waals surface area contributed by atoms with Crippen LogP contribution in [0.5, 0.6) is 11.5 Å². The highest BCUT2D eigenvalue weighted by molar-refractivity contribution is 9.10. The number of allylic oxidation sites excluding steroid dienone is 1. The summed E-state index contributed by atoms with van der Waals surface area (Å²) in [6.07, 6.45) is 5.69. The lowest BCUT2D eigenvalue weighted by Gasteiger charge is -2.21. The van der Waals surface area contributed by atoms with E-state index in [9.17, 15) is 4.79 Å². The lowest BCUT2D eigenvalue weighted by Crippen LogP contribution is -2.29. The van der Waals surface area contributed by atoms with Crippen LogP contribution < -0.4 is 15.0 Å². The lowest BCUT2D eigenvalue weighted by atomic mass is 9.95. The van der Waals surface area contributed by atoms with E-state index < -0.39 is 5.41 Å². The standard InChI is InChI=1S/C26H28BrN3O3/c1-7-9-18-13-17(14-22(32-6)23(18)33-12-8-2)16-28-30-24(31)20-15-19(27)10-11-21(20)29-25(30)26(3,4)5/h7-8,10-11,13-16H,1-2,9,12H2,3-6H3. The molecule has 3 aromatic rings. The van der Waals surface area contributed by atoms with E-state index in [0.717, 1.165) is 15.6 Å². The van der Waals surface area contributed by atoms with Gasteiger partial charge >= 0.3 is 0 Å². The number of ether oxygens (including phenoxy) is 2. The Morgan fingerprint density at radius 2 is 1.94 bits per heavy atom. The summed E-state index contributed by atoms with van der Waals surface area (Å²) >= 11 is 3.43. The van der Waals surface area contributed by atoms with Gasteiger partial charge in [0.1, 0.15) is 12.4 Å². The monoisotopic (exact) mass is 509 g/mol. The van der Waals surface area contributed by atoms with Crippen molar-refractivity contribution < 1.29 is 9.47 Å². The average Bonchev–Trinajstić information content (AvgIpc) is 2.77. The van der Waals surface area contributed by atoms with Crippen LogP contribution in [0, 0.1) is 0 Å². The van der Waals surface area contributed by atoms with Gasteiger partial charge in [0.15, 0.2) is 11.5 Å². The summed E-state index contributed by atoms with van der Waals surface area (Å²) in [6, 6.07) is 9.23. The third-order valence-electron chi connectivity index (χ3n) is 4.89. The molecule has 172 valence electrons. The molecule has 0 spiro atoms. The van der Waals surface area contributed by atoms with E-state index >= 15 is 0 Å². The Bertz CT molecular complexity index is 1290. The van der Waals surface area contributed by atoms with Crippen molar-refractivity contribution in [3.8, 4) is 11.5 Å². The minimum Gasteiger partial charge on any atom is -0.493 e. The molecule has 0 aliphatic heterocycles. The molecule has 1 heterocycles. The molecule has 0 aliphatic carbocycles. The van der Waals surface area contributed by atoms with Crippen LogP contribution in [0.1, 0.15) is 37.7 Å². The van der Waals surface area contributed by atoms with E-state index in [2.05, 4.69) is 34.2 Å². The Kier molecular flexibility index (Phi) is 7.53. The van der Waals surface area contributed by atoms with E-state index in [-0.39, 0.29) is 5.56 Å². The van der Waals surface area contributed by atoms with Gasteiger partial charge in [-0.2, -0.15) is 9.78 Å². The molecule has 0 N–H and O–H groups in total. The molecular weight excluding hydrogens is 482 g/mol. The number of rotatable bonds is 8. The maximum Gasteiger partial charge on any atom is 0.282 e. The summed E-state index contributed by atoms with van der Waals surface area (Å²) in [5.41, 5.74) is 1.67. The molecule has 3 rings (SSSR count). The molecule has 0 fully saturated rings. The fraction of sp³-hybridized carbons (Fsp3) is 0.269. The van der Waals surface area contributed by atoms with Crippen LogP contribution in [0.2, 0.25) is 0 Å². The molecular formula is C26H28BrN3O3. The second-order valence-electron chi connectivity index (χ2n) is 8.51. The summed E-state index contributed by atoms with van der Waals surface area (Å²) in [4.78, 5) is 18.1. The van der Waals surface area contributed by atoms with Gasteiger partial charge in [0.05, 0.1) is 24.2 Å². The van der Waals surface area contributed by atoms with Crippen LogP contribution in [0.15, 0.2) is 70.0 Å². The first-order chi connectivity index (χ1) is 15.7. The SMILES string of the molecule is C=CCOc1c(CC=C)cc(C=Nn2c(C(C)(C)C)nc3ccc(Br)cc3c2=O)cc1OC. The topological polar surface area (TPSA) is 65.7 Å². The van der Waals surface area contributed by atoms with Crippen molar-refractivity contribution in [1.29, 1.82) is 0 Å². The third-order valence-corrected chi connectivity index (χ3v) is 5.38. The van der Waals surface area contributed by atoms with Gasteiger partial charge in [-0.3, -0.25) is 4.79 Å². The van der Waals surface area contributed by atoms with Gasteiger partial charge in [-0.25, -0.2) is 4.98 Å². The Labute approximate surface area is 202 Å². The molecule has 0 saturated heterocycles. The summed E-state index contributed by atoms with van der Waals surface area (Å²) in [6.45, 7) is 13.9. The van der Waals surface area contributed by atoms with Gasteiger partial charge in [-0.1, -0.05) is 55.4 Å². The summed E-state index contributed by atoms with van der Waals surface area (Å²) in [5, 5.41) is 5.05. The van der Waals surface area contributed by atoms with Crippen LogP contribution >= 0.6 is 15.9 Å². The number of hydrogen-bond acceptors (Lipinski definition) is 5. The van der Waals surface area contributed by atoms with Crippen molar-refractivity contribution in [1.82, 2.24) is 9.66 Å². The normalized spacial score (nSPS) is 11.7. The average molecular weight is 510 g/mol. The predicted molar refractivity (Wildman–Crippen MR) is 138 cm³/mol. The second kappa shape index (κ2) is 10.2. The first-order valence-electron chi connectivity index (χ1n) is 10.5. The second-order valence-corrected chi connectivity index (χ2v) is 9.43. The number of methoxy groups -OCH3 is 1. The smallest absolute Gasteiger partial charge is 0.282 e. The van der Waals surface area contributed by atoms with Gasteiger partial charge in [-0.05, 0) is 42.3 Å². The van der Waals surface area contributed by atoms with Gasteiger partial charge in [0.2, 0.25) is 0 Å². The molecule has 1 aromatic heterocycles. The fourth-order valence-electron chi connectivity index (χ4n) is 3.39. The van der Waals surface area contributed by atoms with Crippen LogP contribution in [-0.2, 0) is 11.8 Å². The van der Waals surface area contributed by atoms with Crippen molar-refractivity contribution in [3.05, 3.63) is 87.4 Å². The van der Waals surface area contributed by atoms with Crippen molar-refractivity contribution in [2.45, 2.75) is 32.6 Å². The zero-order valence-electron chi connectivity index (χ0n) is 19.4. The summed E-state index contributed by atoms with van der Waals surface area (Å²) in [7, 11) is 1.59. The molecule has 0 aliphatic rings. The van der Waals surface area contributed by atoms with Crippen molar-refractivity contribution in [2.75, 3.05) is 13.7 Å². The molecule has 2 aromatic carbocycles. The largest absolute Gasteiger partial charge is 0.493 e. The molecule has 33 heavy (non-hydrogen) atoms. The number of aromatic nitrogens is 2. The number of nitrogens with zero attached hydrogens (tertiary/aromatic N) is 3. The molecule has 0 unspecified atom stereocenters. The molecule has 0 bridgehead atoms. The minimum atomic E-state index is -0.397. The highest BCUT2D eigenvalue weighted by atomic mass is 79.9. The number of fused-ring (bicyclic) bond motifs is 1. The first-order valence-corrected chi connectivity index (χ1v) is 11.3. The number of hydrogen-bond donors (Lipinski definition) is 0. The van der Waals surface area contributed by atoms with E-state index in [1.807, 2.05) is 45.0 Å². The number of benzene rings is 2. The Hall–Kier alpha value is -3.19. The van der Waals surface area contributed by atoms with Crippen LogP contribution in [0.4, 0.5) is 0 Å². The van der Waals surface area contributed by atoms with Gasteiger partial charge in [0, 0.05) is 15.5 Å². The van der Waals surface area contributed by atoms with E-state index in [4.69, 9.17) is 14.5 Å². The quantitative estimate of drug-likeness (QED) is 0.291. The van der Waals surface area contributed by atoms with Crippen LogP contribution in [0.3, 0.4) is 0 Å². The van der Waals surface area contributed by atoms with Gasteiger partial charge < -0.3 is 9.47 Å². The summed E-state index contributed by atoms with van der Waals surface area (Å²) in [5.74, 6) is 1.78. The van der Waals surface area contributed by atoms with Crippen LogP contribution in [0.25, 0.3) is 10.9 Å². The maximum atomic E-state index is 13.4. The van der Waals surface area contributed by atoms with Crippen molar-refractivity contribution >= 4 is 33.0 Å². The van der Waals surface area contributed by atoms with E-state index in [1.165, 1.54) is 4.68 Å². The third kappa shape index (κ3) is 5.42. The summed E-state index contributed by atoms with van der Waals surface area (Å²) < 4.78 is 13.5. The molecule has 7 heteroatoms. The molecule has 0 atom stereocenters. The molecule has 0 radical (unpaired) electrons. The Morgan fingerprint density at radius 1 is 1.18 bits per heavy atom. The predicted octanol–water partition coefficient (Wildman–Crippen LogP) is 5.64. The zero-order valence-corrected chi connectivity index (χ0v) is 21.0. The Morgan fingerprint density at radius 3 is 2.58 bits per heavy atom. The molecule has 6 nitrogen and oxygen atoms in total.